The number of hydrogen-bond donors (Lipinski definition) is 0. The Bertz CT molecular complexity index is 847. The summed E-state index contributed by atoms with van der Waals surface area (Å²) in [5.74, 6) is 0.0798. The zero-order chi connectivity index (χ0) is 16.3. The van der Waals surface area contributed by atoms with Gasteiger partial charge in [-0.2, -0.15) is 0 Å². The fourth-order valence-electron chi connectivity index (χ4n) is 3.50. The van der Waals surface area contributed by atoms with Crippen molar-refractivity contribution in [3.63, 3.8) is 0 Å². The highest BCUT2D eigenvalue weighted by molar-refractivity contribution is 6.09. The molecule has 2 aliphatic carbocycles. The number of ketones is 1. The van der Waals surface area contributed by atoms with E-state index in [1.54, 1.807) is 12.2 Å². The second kappa shape index (κ2) is 4.55. The fraction of sp³-hybridized carbons (Fsp3) is 0.381. The van der Waals surface area contributed by atoms with Crippen molar-refractivity contribution in [1.29, 1.82) is 0 Å². The lowest BCUT2D eigenvalue weighted by atomic mass is 9.74. The summed E-state index contributed by atoms with van der Waals surface area (Å²) >= 11 is 0. The third-order valence-electron chi connectivity index (χ3n) is 4.42. The Labute approximate surface area is 132 Å². The molecule has 3 rings (SSSR count). The Morgan fingerprint density at radius 3 is 2.09 bits per heavy atom. The normalized spacial score (nSPS) is 17.1. The summed E-state index contributed by atoms with van der Waals surface area (Å²) in [5.41, 5.74) is 5.20. The molecule has 1 nitrogen and oxygen atoms in total. The van der Waals surface area contributed by atoms with Crippen molar-refractivity contribution in [2.24, 2.45) is 0 Å². The number of carbonyl (C=O) groups excluding carboxylic acids is 1. The van der Waals surface area contributed by atoms with E-state index in [1.165, 1.54) is 27.1 Å². The maximum absolute atomic E-state index is 11.7. The molecule has 2 aliphatic rings. The molecule has 114 valence electrons. The van der Waals surface area contributed by atoms with Crippen molar-refractivity contribution in [2.75, 3.05) is 0 Å². The van der Waals surface area contributed by atoms with Gasteiger partial charge in [-0.25, -0.2) is 0 Å². The van der Waals surface area contributed by atoms with Gasteiger partial charge in [0, 0.05) is 0 Å². The molecule has 0 heterocycles. The van der Waals surface area contributed by atoms with Crippen molar-refractivity contribution in [3.8, 4) is 0 Å². The van der Waals surface area contributed by atoms with Crippen molar-refractivity contribution in [1.82, 2.24) is 0 Å². The minimum Gasteiger partial charge on any atom is -0.290 e. The molecule has 0 atom stereocenters. The number of carbonyl (C=O) groups is 1. The fourth-order valence-corrected chi connectivity index (χ4v) is 3.50. The molecule has 0 saturated carbocycles. The van der Waals surface area contributed by atoms with Crippen molar-refractivity contribution >= 4 is 17.4 Å². The molecule has 0 N–H and O–H groups in total. The largest absolute Gasteiger partial charge is 0.290 e. The highest BCUT2D eigenvalue weighted by Gasteiger charge is 2.28. The van der Waals surface area contributed by atoms with Gasteiger partial charge in [0.25, 0.3) is 0 Å². The molecule has 0 unspecified atom stereocenters. The van der Waals surface area contributed by atoms with Gasteiger partial charge >= 0.3 is 0 Å². The van der Waals surface area contributed by atoms with Gasteiger partial charge in [-0.05, 0) is 67.8 Å². The van der Waals surface area contributed by atoms with E-state index in [0.29, 0.717) is 0 Å². The standard InChI is InChI=1S/C21H24O/c1-20(2,3)18-10-9-16-15-8-7-14(22)11-13(15)12-17(16)19(18)21(4,5)6/h7-12H,1-6H3. The van der Waals surface area contributed by atoms with Crippen LogP contribution in [0.5, 0.6) is 0 Å². The molecule has 1 aromatic rings. The van der Waals surface area contributed by atoms with Crippen LogP contribution in [0.15, 0.2) is 35.9 Å². The number of benzene rings is 1. The van der Waals surface area contributed by atoms with E-state index in [4.69, 9.17) is 0 Å². The highest BCUT2D eigenvalue weighted by Crippen LogP contribution is 2.32. The number of fused-ring (bicyclic) bond motifs is 2. The Morgan fingerprint density at radius 1 is 0.818 bits per heavy atom. The summed E-state index contributed by atoms with van der Waals surface area (Å²) in [4.78, 5) is 11.7. The predicted molar refractivity (Wildman–Crippen MR) is 93.2 cm³/mol. The van der Waals surface area contributed by atoms with Gasteiger partial charge in [-0.1, -0.05) is 53.7 Å². The molecular formula is C21H24O. The lowest BCUT2D eigenvalue weighted by molar-refractivity contribution is -0.110. The van der Waals surface area contributed by atoms with Crippen LogP contribution in [0.1, 0.15) is 52.7 Å². The smallest absolute Gasteiger partial charge is 0.179 e. The van der Waals surface area contributed by atoms with Gasteiger partial charge in [0.1, 0.15) is 0 Å². The van der Waals surface area contributed by atoms with Crippen LogP contribution < -0.4 is 10.4 Å². The third kappa shape index (κ3) is 2.29. The molecule has 22 heavy (non-hydrogen) atoms. The summed E-state index contributed by atoms with van der Waals surface area (Å²) in [5, 5.41) is 2.55. The first-order valence-electron chi connectivity index (χ1n) is 7.93. The maximum Gasteiger partial charge on any atom is 0.179 e. The predicted octanol–water partition coefficient (Wildman–Crippen LogP) is 3.29. The van der Waals surface area contributed by atoms with E-state index in [9.17, 15) is 4.79 Å². The first-order valence-corrected chi connectivity index (χ1v) is 7.93. The summed E-state index contributed by atoms with van der Waals surface area (Å²) in [7, 11) is 0. The average molecular weight is 292 g/mol. The summed E-state index contributed by atoms with van der Waals surface area (Å²) in [6.07, 6.45) is 7.57. The number of allylic oxidation sites excluding steroid dienone is 4. The first-order chi connectivity index (χ1) is 10.1. The molecule has 0 saturated heterocycles. The SMILES string of the molecule is CC(C)(C)c1ccc2c(c1C(C)(C)C)=CC1=CC(=O)C=CC=21. The van der Waals surface area contributed by atoms with Gasteiger partial charge < -0.3 is 0 Å². The zero-order valence-corrected chi connectivity index (χ0v) is 14.4. The van der Waals surface area contributed by atoms with Crippen LogP contribution in [-0.4, -0.2) is 5.78 Å². The molecule has 1 heteroatoms. The summed E-state index contributed by atoms with van der Waals surface area (Å²) < 4.78 is 0. The van der Waals surface area contributed by atoms with Crippen molar-refractivity contribution in [2.45, 2.75) is 52.4 Å². The van der Waals surface area contributed by atoms with Crippen molar-refractivity contribution < 1.29 is 4.79 Å². The molecule has 0 spiro atoms. The quantitative estimate of drug-likeness (QED) is 0.717. The first kappa shape index (κ1) is 15.0. The number of hydrogen-bond acceptors (Lipinski definition) is 1. The summed E-state index contributed by atoms with van der Waals surface area (Å²) in [6, 6.07) is 4.49. The van der Waals surface area contributed by atoms with E-state index in [2.05, 4.69) is 59.8 Å². The van der Waals surface area contributed by atoms with E-state index >= 15 is 0 Å². The second-order valence-electron chi connectivity index (χ2n) is 8.34. The van der Waals surface area contributed by atoms with Gasteiger partial charge in [-0.3, -0.25) is 4.79 Å². The average Bonchev–Trinajstić information content (AvgIpc) is 2.72. The second-order valence-corrected chi connectivity index (χ2v) is 8.34. The van der Waals surface area contributed by atoms with Crippen LogP contribution in [0.2, 0.25) is 0 Å². The lowest BCUT2D eigenvalue weighted by Gasteiger charge is -2.30. The summed E-state index contributed by atoms with van der Waals surface area (Å²) in [6.45, 7) is 13.6. The molecule has 0 amide bonds. The van der Waals surface area contributed by atoms with Gasteiger partial charge in [0.2, 0.25) is 0 Å². The third-order valence-corrected chi connectivity index (χ3v) is 4.42. The Balaban J connectivity index is 2.46. The van der Waals surface area contributed by atoms with Gasteiger partial charge in [-0.15, -0.1) is 0 Å². The van der Waals surface area contributed by atoms with Crippen LogP contribution in [0.3, 0.4) is 0 Å². The van der Waals surface area contributed by atoms with Crippen LogP contribution >= 0.6 is 0 Å². The van der Waals surface area contributed by atoms with Crippen LogP contribution in [-0.2, 0) is 15.6 Å². The molecular weight excluding hydrogens is 268 g/mol. The van der Waals surface area contributed by atoms with E-state index in [0.717, 1.165) is 5.57 Å². The monoisotopic (exact) mass is 292 g/mol. The van der Waals surface area contributed by atoms with Crippen LogP contribution in [0.4, 0.5) is 0 Å². The van der Waals surface area contributed by atoms with Crippen LogP contribution in [0.25, 0.3) is 11.6 Å². The maximum atomic E-state index is 11.7. The molecule has 0 radical (unpaired) electrons. The lowest BCUT2D eigenvalue weighted by Crippen LogP contribution is -2.37. The molecule has 1 aromatic carbocycles. The van der Waals surface area contributed by atoms with E-state index < -0.39 is 0 Å². The number of rotatable bonds is 0. The Morgan fingerprint density at radius 2 is 1.50 bits per heavy atom. The van der Waals surface area contributed by atoms with E-state index in [1.807, 2.05) is 6.08 Å². The van der Waals surface area contributed by atoms with Crippen molar-refractivity contribution in [3.05, 3.63) is 57.5 Å². The van der Waals surface area contributed by atoms with Crippen LogP contribution in [0, 0.1) is 0 Å². The Kier molecular flexibility index (Phi) is 3.11. The van der Waals surface area contributed by atoms with Gasteiger partial charge in [0.05, 0.1) is 0 Å². The van der Waals surface area contributed by atoms with Gasteiger partial charge in [0.15, 0.2) is 5.78 Å². The topological polar surface area (TPSA) is 17.1 Å². The molecule has 0 aliphatic heterocycles. The highest BCUT2D eigenvalue weighted by atomic mass is 16.1. The van der Waals surface area contributed by atoms with E-state index in [-0.39, 0.29) is 16.6 Å². The Hall–Kier alpha value is -1.89. The molecule has 0 bridgehead atoms. The minimum absolute atomic E-state index is 0.0623. The zero-order valence-electron chi connectivity index (χ0n) is 14.4. The molecule has 0 aromatic heterocycles. The minimum atomic E-state index is 0.0623. The molecule has 0 fully saturated rings.